The van der Waals surface area contributed by atoms with Crippen LogP contribution in [0.5, 0.6) is 0 Å². The van der Waals surface area contributed by atoms with Crippen LogP contribution in [0, 0.1) is 6.92 Å². The van der Waals surface area contributed by atoms with E-state index in [1.807, 2.05) is 0 Å². The lowest BCUT2D eigenvalue weighted by Crippen LogP contribution is -2.31. The van der Waals surface area contributed by atoms with Crippen molar-refractivity contribution >= 4 is 40.7 Å². The van der Waals surface area contributed by atoms with Crippen molar-refractivity contribution in [3.05, 3.63) is 69.1 Å². The Morgan fingerprint density at radius 2 is 1.82 bits per heavy atom. The number of benzene rings is 1. The van der Waals surface area contributed by atoms with Crippen molar-refractivity contribution in [3.63, 3.8) is 0 Å². The maximum atomic E-state index is 13.4. The maximum absolute atomic E-state index is 13.4. The van der Waals surface area contributed by atoms with E-state index in [2.05, 4.69) is 20.7 Å². The lowest BCUT2D eigenvalue weighted by molar-refractivity contribution is -0.141. The topological polar surface area (TPSA) is 88.9 Å². The van der Waals surface area contributed by atoms with Gasteiger partial charge in [-0.3, -0.25) is 9.59 Å². The molecule has 33 heavy (non-hydrogen) atoms. The molecule has 3 aromatic rings. The molecular weight excluding hydrogens is 482 g/mol. The molecule has 3 rings (SSSR count). The van der Waals surface area contributed by atoms with Gasteiger partial charge >= 0.3 is 6.18 Å². The Morgan fingerprint density at radius 3 is 2.42 bits per heavy atom. The number of hydrogen-bond acceptors (Lipinski definition) is 4. The molecule has 0 bridgehead atoms. The first-order valence-corrected chi connectivity index (χ1v) is 10.3. The first kappa shape index (κ1) is 24.5. The molecule has 174 valence electrons. The van der Waals surface area contributed by atoms with Gasteiger partial charge in [0, 0.05) is 23.3 Å². The average molecular weight is 500 g/mol. The number of aromatic nitrogens is 3. The van der Waals surface area contributed by atoms with Crippen LogP contribution in [-0.2, 0) is 6.18 Å². The number of aryl methyl sites for hydroxylation is 1. The van der Waals surface area contributed by atoms with E-state index in [9.17, 15) is 22.8 Å². The molecule has 1 aromatic carbocycles. The van der Waals surface area contributed by atoms with Crippen LogP contribution < -0.4 is 10.6 Å². The fraction of sp³-hybridized carbons (Fsp3) is 0.238. The molecule has 0 fully saturated rings. The molecule has 12 heteroatoms. The third kappa shape index (κ3) is 5.45. The molecular formula is C21H18Cl2F3N5O2. The number of nitrogens with zero attached hydrogens (tertiary/aromatic N) is 3. The Labute approximate surface area is 196 Å². The molecule has 0 atom stereocenters. The fourth-order valence-electron chi connectivity index (χ4n) is 2.98. The van der Waals surface area contributed by atoms with Gasteiger partial charge in [0.05, 0.1) is 16.3 Å². The predicted molar refractivity (Wildman–Crippen MR) is 118 cm³/mol. The standard InChI is InChI=1S/C21H18Cl2F3N5O2/c1-10(2)28-19(32)13-8-12(22)7-11(3)17(13)29-20(33)15-9-16(21(24,25)26)30-31(15)18-14(23)5-4-6-27-18/h4-10H,1-3H3,(H,28,32)(H,29,33). The normalized spacial score (nSPS) is 11.5. The van der Waals surface area contributed by atoms with Crippen molar-refractivity contribution in [3.8, 4) is 5.82 Å². The van der Waals surface area contributed by atoms with Crippen molar-refractivity contribution in [2.24, 2.45) is 0 Å². The Hall–Kier alpha value is -3.11. The minimum absolute atomic E-state index is 0.0111. The zero-order valence-corrected chi connectivity index (χ0v) is 19.1. The Kier molecular flexibility index (Phi) is 6.99. The molecule has 2 N–H and O–H groups in total. The molecule has 0 aliphatic rings. The van der Waals surface area contributed by atoms with E-state index < -0.39 is 29.4 Å². The number of anilines is 1. The number of pyridine rings is 1. The van der Waals surface area contributed by atoms with Gasteiger partial charge in [0.1, 0.15) is 5.69 Å². The van der Waals surface area contributed by atoms with Crippen LogP contribution in [0.1, 0.15) is 46.0 Å². The third-order valence-corrected chi connectivity index (χ3v) is 4.89. The molecule has 0 saturated carbocycles. The van der Waals surface area contributed by atoms with E-state index >= 15 is 0 Å². The number of amides is 2. The fourth-order valence-corrected chi connectivity index (χ4v) is 3.46. The van der Waals surface area contributed by atoms with Crippen molar-refractivity contribution in [2.45, 2.75) is 33.0 Å². The number of carbonyl (C=O) groups excluding carboxylic acids is 2. The highest BCUT2D eigenvalue weighted by molar-refractivity contribution is 6.32. The van der Waals surface area contributed by atoms with Crippen LogP contribution in [0.3, 0.4) is 0 Å². The molecule has 0 spiro atoms. The first-order valence-electron chi connectivity index (χ1n) is 9.59. The van der Waals surface area contributed by atoms with E-state index in [-0.39, 0.29) is 33.2 Å². The summed E-state index contributed by atoms with van der Waals surface area (Å²) in [6, 6.07) is 6.13. The molecule has 0 aliphatic heterocycles. The maximum Gasteiger partial charge on any atom is 0.435 e. The summed E-state index contributed by atoms with van der Waals surface area (Å²) in [5.41, 5.74) is -1.20. The largest absolute Gasteiger partial charge is 0.435 e. The highest BCUT2D eigenvalue weighted by Gasteiger charge is 2.36. The van der Waals surface area contributed by atoms with Gasteiger partial charge in [-0.2, -0.15) is 18.3 Å². The van der Waals surface area contributed by atoms with E-state index in [4.69, 9.17) is 23.2 Å². The smallest absolute Gasteiger partial charge is 0.350 e. The quantitative estimate of drug-likeness (QED) is 0.498. The molecule has 0 saturated heterocycles. The van der Waals surface area contributed by atoms with Gasteiger partial charge in [-0.1, -0.05) is 23.2 Å². The number of rotatable bonds is 5. The van der Waals surface area contributed by atoms with E-state index in [1.165, 1.54) is 30.5 Å². The highest BCUT2D eigenvalue weighted by Crippen LogP contribution is 2.31. The van der Waals surface area contributed by atoms with Crippen LogP contribution in [0.25, 0.3) is 5.82 Å². The summed E-state index contributed by atoms with van der Waals surface area (Å²) >= 11 is 12.2. The van der Waals surface area contributed by atoms with Gasteiger partial charge in [-0.15, -0.1) is 0 Å². The molecule has 0 radical (unpaired) electrons. The summed E-state index contributed by atoms with van der Waals surface area (Å²) in [6.07, 6.45) is -3.52. The van der Waals surface area contributed by atoms with E-state index in [0.29, 0.717) is 16.3 Å². The second-order valence-electron chi connectivity index (χ2n) is 7.36. The number of hydrogen-bond donors (Lipinski definition) is 2. The third-order valence-electron chi connectivity index (χ3n) is 4.38. The Morgan fingerprint density at radius 1 is 1.12 bits per heavy atom. The first-order chi connectivity index (χ1) is 15.4. The lowest BCUT2D eigenvalue weighted by atomic mass is 10.1. The zero-order valence-electron chi connectivity index (χ0n) is 17.6. The zero-order chi connectivity index (χ0) is 24.5. The molecule has 2 amide bonds. The summed E-state index contributed by atoms with van der Waals surface area (Å²) in [5, 5.41) is 8.94. The summed E-state index contributed by atoms with van der Waals surface area (Å²) < 4.78 is 40.8. The molecule has 7 nitrogen and oxygen atoms in total. The van der Waals surface area contributed by atoms with Crippen LogP contribution in [0.2, 0.25) is 10.0 Å². The van der Waals surface area contributed by atoms with Crippen molar-refractivity contribution in [1.82, 2.24) is 20.1 Å². The SMILES string of the molecule is Cc1cc(Cl)cc(C(=O)NC(C)C)c1NC(=O)c1cc(C(F)(F)F)nn1-c1ncccc1Cl. The number of nitrogens with one attached hydrogen (secondary N) is 2. The van der Waals surface area contributed by atoms with Crippen LogP contribution in [0.4, 0.5) is 18.9 Å². The number of alkyl halides is 3. The number of halogens is 5. The number of carbonyl (C=O) groups is 2. The van der Waals surface area contributed by atoms with E-state index in [1.54, 1.807) is 20.8 Å². The van der Waals surface area contributed by atoms with Gasteiger partial charge in [-0.25, -0.2) is 9.67 Å². The Bertz CT molecular complexity index is 1230. The summed E-state index contributed by atoms with van der Waals surface area (Å²) in [6.45, 7) is 5.10. The molecule has 2 heterocycles. The van der Waals surface area contributed by atoms with Gasteiger partial charge in [0.2, 0.25) is 0 Å². The van der Waals surface area contributed by atoms with Crippen molar-refractivity contribution in [2.75, 3.05) is 5.32 Å². The molecule has 0 unspecified atom stereocenters. The van der Waals surface area contributed by atoms with Crippen molar-refractivity contribution in [1.29, 1.82) is 0 Å². The van der Waals surface area contributed by atoms with Gasteiger partial charge in [0.25, 0.3) is 11.8 Å². The van der Waals surface area contributed by atoms with Gasteiger partial charge < -0.3 is 10.6 Å². The molecule has 0 aliphatic carbocycles. The predicted octanol–water partition coefficient (Wildman–Crippen LogP) is 5.29. The molecule has 2 aromatic heterocycles. The summed E-state index contributed by atoms with van der Waals surface area (Å²) in [7, 11) is 0. The second kappa shape index (κ2) is 9.40. The van der Waals surface area contributed by atoms with Crippen LogP contribution in [-0.4, -0.2) is 32.6 Å². The van der Waals surface area contributed by atoms with Crippen LogP contribution in [0.15, 0.2) is 36.5 Å². The summed E-state index contributed by atoms with van der Waals surface area (Å²) in [5.74, 6) is -1.63. The lowest BCUT2D eigenvalue weighted by Gasteiger charge is -2.16. The van der Waals surface area contributed by atoms with Gasteiger partial charge in [-0.05, 0) is 50.6 Å². The summed E-state index contributed by atoms with van der Waals surface area (Å²) in [4.78, 5) is 29.7. The van der Waals surface area contributed by atoms with Gasteiger partial charge in [0.15, 0.2) is 11.5 Å². The Balaban J connectivity index is 2.10. The van der Waals surface area contributed by atoms with Crippen LogP contribution >= 0.6 is 23.2 Å². The highest BCUT2D eigenvalue weighted by atomic mass is 35.5. The second-order valence-corrected chi connectivity index (χ2v) is 8.20. The monoisotopic (exact) mass is 499 g/mol. The van der Waals surface area contributed by atoms with Crippen molar-refractivity contribution < 1.29 is 22.8 Å². The average Bonchev–Trinajstić information content (AvgIpc) is 3.15. The minimum atomic E-state index is -4.82. The minimum Gasteiger partial charge on any atom is -0.350 e. The van der Waals surface area contributed by atoms with E-state index in [0.717, 1.165) is 0 Å².